The van der Waals surface area contributed by atoms with Gasteiger partial charge in [0, 0.05) is 36.1 Å². The second-order valence-corrected chi connectivity index (χ2v) is 7.34. The van der Waals surface area contributed by atoms with Crippen LogP contribution in [0.15, 0.2) is 79.0 Å². The first-order valence-electron chi connectivity index (χ1n) is 10.1. The monoisotopic (exact) mass is 391 g/mol. The molecule has 0 spiro atoms. The fourth-order valence-corrected chi connectivity index (χ4v) is 3.85. The molecule has 0 saturated heterocycles. The molecule has 146 valence electrons. The number of pyridine rings is 1. The zero-order valence-corrected chi connectivity index (χ0v) is 16.4. The topological polar surface area (TPSA) is 57.8 Å². The van der Waals surface area contributed by atoms with Crippen LogP contribution in [0.1, 0.15) is 27.3 Å². The Morgan fingerprint density at radius 1 is 0.833 bits per heavy atom. The van der Waals surface area contributed by atoms with Crippen LogP contribution in [-0.2, 0) is 6.42 Å². The van der Waals surface area contributed by atoms with Crippen molar-refractivity contribution in [2.75, 3.05) is 6.54 Å². The van der Waals surface area contributed by atoms with Gasteiger partial charge in [-0.25, -0.2) is 0 Å². The van der Waals surface area contributed by atoms with Gasteiger partial charge in [0.15, 0.2) is 0 Å². The molecule has 1 amide bonds. The van der Waals surface area contributed by atoms with Gasteiger partial charge in [-0.3, -0.25) is 9.78 Å². The van der Waals surface area contributed by atoms with E-state index >= 15 is 0 Å². The highest BCUT2D eigenvalue weighted by atomic mass is 16.1. The minimum atomic E-state index is -0.00885. The summed E-state index contributed by atoms with van der Waals surface area (Å²) in [5.74, 6) is -0.00885. The average Bonchev–Trinajstić information content (AvgIpc) is 3.25. The van der Waals surface area contributed by atoms with Crippen molar-refractivity contribution in [2.45, 2.75) is 6.42 Å². The summed E-state index contributed by atoms with van der Waals surface area (Å²) >= 11 is 0. The van der Waals surface area contributed by atoms with Crippen molar-refractivity contribution < 1.29 is 4.79 Å². The van der Waals surface area contributed by atoms with Crippen LogP contribution in [0.3, 0.4) is 0 Å². The van der Waals surface area contributed by atoms with E-state index in [0.717, 1.165) is 40.2 Å². The molecule has 4 heteroatoms. The van der Waals surface area contributed by atoms with Gasteiger partial charge in [-0.15, -0.1) is 0 Å². The van der Waals surface area contributed by atoms with Crippen molar-refractivity contribution in [3.05, 3.63) is 102 Å². The Balaban J connectivity index is 1.45. The van der Waals surface area contributed by atoms with Crippen LogP contribution < -0.4 is 5.32 Å². The number of carbonyl (C=O) groups excluding carboxylic acids is 1. The molecule has 1 aliphatic rings. The van der Waals surface area contributed by atoms with Gasteiger partial charge in [-0.2, -0.15) is 0 Å². The first kappa shape index (κ1) is 18.1. The third kappa shape index (κ3) is 3.55. The summed E-state index contributed by atoms with van der Waals surface area (Å²) in [6, 6.07) is 24.6. The van der Waals surface area contributed by atoms with E-state index in [9.17, 15) is 4.79 Å². The van der Waals surface area contributed by atoms with Crippen LogP contribution in [0, 0.1) is 0 Å². The molecule has 2 aromatic carbocycles. The van der Waals surface area contributed by atoms with E-state index in [2.05, 4.69) is 63.8 Å². The number of nitrogens with zero attached hydrogens (tertiary/aromatic N) is 1. The van der Waals surface area contributed by atoms with E-state index < -0.39 is 0 Å². The van der Waals surface area contributed by atoms with Gasteiger partial charge < -0.3 is 10.3 Å². The number of rotatable bonds is 4. The molecule has 0 radical (unpaired) electrons. The molecular formula is C26H21N3O. The van der Waals surface area contributed by atoms with Gasteiger partial charge in [0.25, 0.3) is 5.91 Å². The second kappa shape index (κ2) is 7.84. The molecule has 4 aromatic rings. The summed E-state index contributed by atoms with van der Waals surface area (Å²) in [4.78, 5) is 19.9. The minimum absolute atomic E-state index is 0.00885. The fraction of sp³-hybridized carbons (Fsp3) is 0.0769. The SMILES string of the molecule is O=C1NCCc2[nH]c(-c3ccnc(C=Cc4ccccc4-c4ccccc4)c3)cc21. The molecule has 0 saturated carbocycles. The van der Waals surface area contributed by atoms with E-state index in [1.54, 1.807) is 6.20 Å². The summed E-state index contributed by atoms with van der Waals surface area (Å²) in [6.45, 7) is 0.678. The van der Waals surface area contributed by atoms with E-state index in [1.165, 1.54) is 11.1 Å². The van der Waals surface area contributed by atoms with Crippen LogP contribution in [0.25, 0.3) is 34.5 Å². The third-order valence-electron chi connectivity index (χ3n) is 5.38. The van der Waals surface area contributed by atoms with Crippen LogP contribution in [0.2, 0.25) is 0 Å². The number of H-pyrrole nitrogens is 1. The van der Waals surface area contributed by atoms with Gasteiger partial charge >= 0.3 is 0 Å². The number of aromatic nitrogens is 2. The number of hydrogen-bond donors (Lipinski definition) is 2. The Labute approximate surface area is 175 Å². The minimum Gasteiger partial charge on any atom is -0.358 e. The lowest BCUT2D eigenvalue weighted by molar-refractivity contribution is 0.0946. The highest BCUT2D eigenvalue weighted by molar-refractivity contribution is 5.97. The molecule has 5 rings (SSSR count). The van der Waals surface area contributed by atoms with Crippen molar-refractivity contribution in [1.29, 1.82) is 0 Å². The molecule has 0 bridgehead atoms. The van der Waals surface area contributed by atoms with Crippen LogP contribution >= 0.6 is 0 Å². The van der Waals surface area contributed by atoms with Gasteiger partial charge in [0.2, 0.25) is 0 Å². The summed E-state index contributed by atoms with van der Waals surface area (Å²) in [5, 5.41) is 2.89. The molecule has 0 aliphatic carbocycles. The van der Waals surface area contributed by atoms with Crippen molar-refractivity contribution >= 4 is 18.1 Å². The summed E-state index contributed by atoms with van der Waals surface area (Å²) in [5.41, 5.74) is 8.09. The number of amides is 1. The molecule has 2 N–H and O–H groups in total. The van der Waals surface area contributed by atoms with Crippen molar-refractivity contribution in [3.63, 3.8) is 0 Å². The van der Waals surface area contributed by atoms with E-state index in [-0.39, 0.29) is 5.91 Å². The molecule has 30 heavy (non-hydrogen) atoms. The van der Waals surface area contributed by atoms with Crippen molar-refractivity contribution in [1.82, 2.24) is 15.3 Å². The summed E-state index contributed by atoms with van der Waals surface area (Å²) in [6.07, 6.45) is 6.76. The van der Waals surface area contributed by atoms with E-state index in [1.807, 2.05) is 36.4 Å². The van der Waals surface area contributed by atoms with Crippen LogP contribution in [-0.4, -0.2) is 22.4 Å². The number of benzene rings is 2. The molecule has 0 unspecified atom stereocenters. The average molecular weight is 391 g/mol. The van der Waals surface area contributed by atoms with Gasteiger partial charge in [0.1, 0.15) is 0 Å². The Morgan fingerprint density at radius 2 is 1.67 bits per heavy atom. The third-order valence-corrected chi connectivity index (χ3v) is 5.38. The maximum Gasteiger partial charge on any atom is 0.253 e. The lowest BCUT2D eigenvalue weighted by Crippen LogP contribution is -2.31. The number of hydrogen-bond acceptors (Lipinski definition) is 2. The summed E-state index contributed by atoms with van der Waals surface area (Å²) < 4.78 is 0. The van der Waals surface area contributed by atoms with Crippen LogP contribution in [0.4, 0.5) is 0 Å². The molecule has 4 nitrogen and oxygen atoms in total. The maximum atomic E-state index is 12.1. The summed E-state index contributed by atoms with van der Waals surface area (Å²) in [7, 11) is 0. The van der Waals surface area contributed by atoms with Crippen LogP contribution in [0.5, 0.6) is 0 Å². The van der Waals surface area contributed by atoms with E-state index in [0.29, 0.717) is 6.54 Å². The Hall–Kier alpha value is -3.92. The largest absolute Gasteiger partial charge is 0.358 e. The fourth-order valence-electron chi connectivity index (χ4n) is 3.85. The lowest BCUT2D eigenvalue weighted by Gasteiger charge is -2.10. The molecule has 3 heterocycles. The van der Waals surface area contributed by atoms with Crippen molar-refractivity contribution in [2.24, 2.45) is 0 Å². The van der Waals surface area contributed by atoms with Crippen molar-refractivity contribution in [3.8, 4) is 22.4 Å². The molecule has 1 aliphatic heterocycles. The Bertz CT molecular complexity index is 1240. The Kier molecular flexibility index (Phi) is 4.74. The quantitative estimate of drug-likeness (QED) is 0.502. The highest BCUT2D eigenvalue weighted by Crippen LogP contribution is 2.27. The zero-order chi connectivity index (χ0) is 20.3. The second-order valence-electron chi connectivity index (χ2n) is 7.34. The molecule has 0 atom stereocenters. The smallest absolute Gasteiger partial charge is 0.253 e. The predicted molar refractivity (Wildman–Crippen MR) is 121 cm³/mol. The number of fused-ring (bicyclic) bond motifs is 1. The number of carbonyl (C=O) groups is 1. The van der Waals surface area contributed by atoms with Gasteiger partial charge in [-0.1, -0.05) is 60.7 Å². The molecular weight excluding hydrogens is 370 g/mol. The lowest BCUT2D eigenvalue weighted by atomic mass is 9.99. The highest BCUT2D eigenvalue weighted by Gasteiger charge is 2.19. The number of aromatic amines is 1. The first-order valence-corrected chi connectivity index (χ1v) is 10.1. The zero-order valence-electron chi connectivity index (χ0n) is 16.4. The maximum absolute atomic E-state index is 12.1. The normalized spacial score (nSPS) is 13.3. The first-order chi connectivity index (χ1) is 14.8. The molecule has 0 fully saturated rings. The predicted octanol–water partition coefficient (Wildman–Crippen LogP) is 5.20. The van der Waals surface area contributed by atoms with Gasteiger partial charge in [-0.05, 0) is 41.0 Å². The standard InChI is InChI=1S/C26H21N3O/c30-26-23-17-25(29-24(23)13-15-28-26)20-12-14-27-21(16-20)11-10-19-8-4-5-9-22(19)18-6-2-1-3-7-18/h1-12,14,16-17,29H,13,15H2,(H,28,30). The van der Waals surface area contributed by atoms with E-state index in [4.69, 9.17) is 0 Å². The number of nitrogens with one attached hydrogen (secondary N) is 2. The molecule has 2 aromatic heterocycles. The van der Waals surface area contributed by atoms with Gasteiger partial charge in [0.05, 0.1) is 11.3 Å². The Morgan fingerprint density at radius 3 is 2.53 bits per heavy atom.